The summed E-state index contributed by atoms with van der Waals surface area (Å²) in [6.07, 6.45) is 1.07. The molecule has 6 aromatic carbocycles. The van der Waals surface area contributed by atoms with Crippen LogP contribution in [0.1, 0.15) is 138 Å². The lowest BCUT2D eigenvalue weighted by atomic mass is 9.90. The Kier molecular flexibility index (Phi) is 20.2. The van der Waals surface area contributed by atoms with E-state index in [9.17, 15) is 23.2 Å². The molecule has 9 rings (SSSR count). The van der Waals surface area contributed by atoms with Crippen molar-refractivity contribution < 1.29 is 79.7 Å². The number of carbonyl (C=O) groups is 3. The second kappa shape index (κ2) is 26.9. The number of aryl methyl sites for hydroxylation is 2. The predicted molar refractivity (Wildman–Crippen MR) is 309 cm³/mol. The molecule has 0 aromatic heterocycles. The monoisotopic (exact) mass is 1150 g/mol. The molecule has 17 heteroatoms. The van der Waals surface area contributed by atoms with E-state index in [1.165, 1.54) is 61.9 Å². The van der Waals surface area contributed by atoms with Gasteiger partial charge in [0.05, 0.1) is 49.8 Å². The van der Waals surface area contributed by atoms with E-state index in [2.05, 4.69) is 13.8 Å². The van der Waals surface area contributed by atoms with Crippen LogP contribution >= 0.6 is 0 Å². The van der Waals surface area contributed by atoms with Crippen LogP contribution in [-0.4, -0.2) is 97.2 Å². The van der Waals surface area contributed by atoms with Crippen LogP contribution in [0.5, 0.6) is 63.2 Å². The lowest BCUT2D eigenvalue weighted by Gasteiger charge is -2.34. The van der Waals surface area contributed by atoms with Gasteiger partial charge in [-0.15, -0.1) is 0 Å². The standard InChI is InChI=1S/2C22H25FO5.C22H25FO4/c1-22(2)12-16(23)15-11-14(6-7-18(15)28-22)17(24)8-13-9-19(25-3)21(27-5)20(10-13)26-4;1-22(2)9-8-13-10-14(6-7-16(13)28-22)20(24)19(23)15-11-17(25-3)21(27-5)18(12-15)26-4;1-22(2)9-8-17-14-16(5-7-19(17)27-22)18(24)12-15-4-6-20(26-11-10-23)21(13-15)25-3/h6-7,9-11,16H,8,12H2,1-5H3;6-7,10-12,19H,8-9H2,1-5H3;4-7,13-14H,8-12H2,1-3H3/i3*23-1. The summed E-state index contributed by atoms with van der Waals surface area (Å²) in [4.78, 5) is 38.3. The smallest absolute Gasteiger partial charge is 0.203 e. The molecule has 6 aromatic rings. The second-order valence-electron chi connectivity index (χ2n) is 22.1. The Balaban J connectivity index is 0.000000179. The van der Waals surface area contributed by atoms with Crippen molar-refractivity contribution >= 4 is 17.3 Å². The van der Waals surface area contributed by atoms with Gasteiger partial charge >= 0.3 is 0 Å². The molecule has 0 spiro atoms. The molecule has 3 aliphatic rings. The topological polar surface area (TPSA) is 153 Å². The van der Waals surface area contributed by atoms with Crippen molar-refractivity contribution in [2.45, 2.75) is 116 Å². The fourth-order valence-corrected chi connectivity index (χ4v) is 10.0. The molecule has 0 saturated heterocycles. The number of ether oxygens (including phenoxy) is 11. The van der Waals surface area contributed by atoms with Gasteiger partial charge in [-0.1, -0.05) is 6.07 Å². The van der Waals surface area contributed by atoms with Gasteiger partial charge in [0.25, 0.3) is 0 Å². The minimum atomic E-state index is -1.85. The molecule has 0 N–H and O–H groups in total. The SMILES string of the molecule is COc1cc(C([18F])C(=O)c2ccc3c(c2)CCC(C)(C)O3)cc(OC)c1OC.COc1cc(CC(=O)c2ccc3c(c2)C([18F])CC(C)(C)O3)cc(OC)c1OC.COc1cc(CC(=O)c2ccc3c(c2)CCC(C)(C)O3)ccc1OCC[18F]. The van der Waals surface area contributed by atoms with Gasteiger partial charge < -0.3 is 52.1 Å². The zero-order valence-electron chi connectivity index (χ0n) is 49.6. The zero-order valence-corrected chi connectivity index (χ0v) is 49.6. The third-order valence-corrected chi connectivity index (χ3v) is 14.4. The number of hydrogen-bond acceptors (Lipinski definition) is 14. The van der Waals surface area contributed by atoms with Gasteiger partial charge in [-0.2, -0.15) is 0 Å². The van der Waals surface area contributed by atoms with Crippen molar-refractivity contribution in [3.63, 3.8) is 0 Å². The molecule has 0 amide bonds. The van der Waals surface area contributed by atoms with Crippen LogP contribution in [0.2, 0.25) is 0 Å². The summed E-state index contributed by atoms with van der Waals surface area (Å²) in [5.74, 6) is 4.72. The highest BCUT2D eigenvalue weighted by Crippen LogP contribution is 2.45. The number of Topliss-reactive ketones (excluding diaryl/α,β-unsaturated/α-hetero) is 3. The van der Waals surface area contributed by atoms with Crippen LogP contribution in [0.4, 0.5) is 13.2 Å². The summed E-state index contributed by atoms with van der Waals surface area (Å²) in [5, 5.41) is 0. The van der Waals surface area contributed by atoms with Crippen LogP contribution in [0.25, 0.3) is 0 Å². The molecule has 0 aliphatic carbocycles. The van der Waals surface area contributed by atoms with Crippen molar-refractivity contribution in [2.24, 2.45) is 0 Å². The molecular formula is C66H75F3O14. The third kappa shape index (κ3) is 15.3. The number of benzene rings is 6. The third-order valence-electron chi connectivity index (χ3n) is 14.4. The average Bonchev–Trinajstić information content (AvgIpc) is 3.51. The molecule has 2 atom stereocenters. The highest BCUT2D eigenvalue weighted by molar-refractivity contribution is 6.01. The first-order valence-electron chi connectivity index (χ1n) is 27.3. The highest BCUT2D eigenvalue weighted by Gasteiger charge is 2.35. The maximum atomic E-state index is 15.1. The normalized spacial score (nSPS) is 16.0. The van der Waals surface area contributed by atoms with Crippen molar-refractivity contribution in [3.8, 4) is 63.2 Å². The molecule has 0 radical (unpaired) electrons. The number of ketones is 3. The summed E-state index contributed by atoms with van der Waals surface area (Å²) >= 11 is 0. The Hall–Kier alpha value is -8.08. The number of alkyl halides is 3. The molecule has 14 nitrogen and oxygen atoms in total. The number of rotatable bonds is 19. The molecule has 444 valence electrons. The fraction of sp³-hybridized carbons (Fsp3) is 0.409. The predicted octanol–water partition coefficient (Wildman–Crippen LogP) is 14.0. The average molecular weight is 1150 g/mol. The highest BCUT2D eigenvalue weighted by atomic mass is 18.2. The number of hydrogen-bond donors (Lipinski definition) is 0. The van der Waals surface area contributed by atoms with Gasteiger partial charge in [0, 0.05) is 47.1 Å². The molecule has 83 heavy (non-hydrogen) atoms. The van der Waals surface area contributed by atoms with Crippen LogP contribution < -0.4 is 52.1 Å². The van der Waals surface area contributed by atoms with Crippen LogP contribution in [0.3, 0.4) is 0 Å². The maximum absolute atomic E-state index is 15.1. The van der Waals surface area contributed by atoms with Gasteiger partial charge in [0.1, 0.15) is 53.5 Å². The van der Waals surface area contributed by atoms with Gasteiger partial charge in [0.2, 0.25) is 17.3 Å². The molecule has 3 heterocycles. The molecular weight excluding hydrogens is 1070 g/mol. The van der Waals surface area contributed by atoms with Crippen LogP contribution in [0.15, 0.2) is 97.1 Å². The summed E-state index contributed by atoms with van der Waals surface area (Å²) in [7, 11) is 10.4. The van der Waals surface area contributed by atoms with Crippen molar-refractivity contribution in [2.75, 3.05) is 63.1 Å². The summed E-state index contributed by atoms with van der Waals surface area (Å²) in [6.45, 7) is 11.3. The van der Waals surface area contributed by atoms with Gasteiger partial charge in [-0.3, -0.25) is 14.4 Å². The molecule has 3 aliphatic heterocycles. The first-order chi connectivity index (χ1) is 39.5. The molecule has 0 bridgehead atoms. The first-order valence-corrected chi connectivity index (χ1v) is 27.3. The van der Waals surface area contributed by atoms with E-state index < -0.39 is 30.4 Å². The number of halogens is 3. The minimum absolute atomic E-state index is 0.0252. The van der Waals surface area contributed by atoms with E-state index >= 15 is 4.39 Å². The van der Waals surface area contributed by atoms with Gasteiger partial charge in [-0.05, 0) is 180 Å². The Morgan fingerprint density at radius 2 is 0.964 bits per heavy atom. The van der Waals surface area contributed by atoms with E-state index in [0.29, 0.717) is 79.6 Å². The van der Waals surface area contributed by atoms with Crippen molar-refractivity contribution in [1.29, 1.82) is 0 Å². The number of fused-ring (bicyclic) bond motifs is 3. The fourth-order valence-electron chi connectivity index (χ4n) is 10.0. The van der Waals surface area contributed by atoms with E-state index in [0.717, 1.165) is 53.9 Å². The Labute approximate surface area is 484 Å². The number of carbonyl (C=O) groups excluding carboxylic acids is 3. The Bertz CT molecular complexity index is 3250. The van der Waals surface area contributed by atoms with E-state index in [-0.39, 0.29) is 54.2 Å². The first kappa shape index (κ1) is 62.5. The quantitative estimate of drug-likeness (QED) is 0.0707. The van der Waals surface area contributed by atoms with Gasteiger partial charge in [0.15, 0.2) is 52.2 Å². The lowest BCUT2D eigenvalue weighted by Crippen LogP contribution is -2.33. The van der Waals surface area contributed by atoms with Crippen molar-refractivity contribution in [3.05, 3.63) is 147 Å². The molecule has 2 unspecified atom stereocenters. The summed E-state index contributed by atoms with van der Waals surface area (Å²) in [6, 6.07) is 27.3. The van der Waals surface area contributed by atoms with Crippen LogP contribution in [-0.2, 0) is 25.7 Å². The zero-order chi connectivity index (χ0) is 60.4. The summed E-state index contributed by atoms with van der Waals surface area (Å²) in [5.41, 5.74) is 4.56. The van der Waals surface area contributed by atoms with E-state index in [1.807, 2.05) is 45.9 Å². The van der Waals surface area contributed by atoms with Gasteiger partial charge in [-0.25, -0.2) is 13.2 Å². The van der Waals surface area contributed by atoms with E-state index in [4.69, 9.17) is 52.1 Å². The number of methoxy groups -OCH3 is 7. The largest absolute Gasteiger partial charge is 0.493 e. The molecule has 0 fully saturated rings. The van der Waals surface area contributed by atoms with E-state index in [1.54, 1.807) is 66.7 Å². The maximum Gasteiger partial charge on any atom is 0.203 e. The van der Waals surface area contributed by atoms with Crippen molar-refractivity contribution in [1.82, 2.24) is 0 Å². The Morgan fingerprint density at radius 3 is 1.47 bits per heavy atom. The second-order valence-corrected chi connectivity index (χ2v) is 22.1. The summed E-state index contributed by atoms with van der Waals surface area (Å²) < 4.78 is 102. The minimum Gasteiger partial charge on any atom is -0.493 e. The van der Waals surface area contributed by atoms with Crippen LogP contribution in [0, 0.1) is 0 Å². The molecule has 0 saturated carbocycles. The Morgan fingerprint density at radius 1 is 0.518 bits per heavy atom. The lowest BCUT2D eigenvalue weighted by molar-refractivity contribution is 0.0442.